The molecule has 0 bridgehead atoms. The molecule has 6 nitrogen and oxygen atoms in total. The summed E-state index contributed by atoms with van der Waals surface area (Å²) in [6.07, 6.45) is -19.0. The lowest BCUT2D eigenvalue weighted by molar-refractivity contribution is -0.348. The molecule has 0 heterocycles. The molecular formula is C26H14BrF10N3O3. The van der Waals surface area contributed by atoms with E-state index in [9.17, 15) is 53.5 Å². The summed E-state index contributed by atoms with van der Waals surface area (Å²) in [5.74, 6) is -3.62. The zero-order chi connectivity index (χ0) is 32.5. The summed E-state index contributed by atoms with van der Waals surface area (Å²) >= 11 is 2.49. The van der Waals surface area contributed by atoms with Gasteiger partial charge in [0.25, 0.3) is 11.8 Å². The molecule has 3 rings (SSSR count). The lowest BCUT2D eigenvalue weighted by Crippen LogP contribution is -2.50. The van der Waals surface area contributed by atoms with Crippen LogP contribution in [0.15, 0.2) is 65.1 Å². The van der Waals surface area contributed by atoms with Crippen molar-refractivity contribution >= 4 is 39.1 Å². The first-order chi connectivity index (χ1) is 19.7. The molecule has 0 aliphatic heterocycles. The van der Waals surface area contributed by atoms with Crippen molar-refractivity contribution < 1.29 is 58.2 Å². The highest BCUT2D eigenvalue weighted by Gasteiger charge is 2.73. The number of halogens is 11. The fourth-order valence-electron chi connectivity index (χ4n) is 3.63. The van der Waals surface area contributed by atoms with Crippen molar-refractivity contribution in [1.82, 2.24) is 0 Å². The van der Waals surface area contributed by atoms with E-state index < -0.39 is 63.7 Å². The monoisotopic (exact) mass is 685 g/mol. The first kappa shape index (κ1) is 33.2. The molecule has 0 spiro atoms. The third kappa shape index (κ3) is 7.01. The molecule has 0 aromatic heterocycles. The Hall–Kier alpha value is -4.33. The molecule has 0 aliphatic carbocycles. The Labute approximate surface area is 243 Å². The minimum absolute atomic E-state index is 0.0840. The number of nitriles is 1. The summed E-state index contributed by atoms with van der Waals surface area (Å²) in [5.41, 5.74) is -9.30. The quantitative estimate of drug-likeness (QED) is 0.266. The van der Waals surface area contributed by atoms with Gasteiger partial charge in [-0.15, -0.1) is 13.2 Å². The summed E-state index contributed by atoms with van der Waals surface area (Å²) in [5, 5.41) is 10.8. The lowest BCUT2D eigenvalue weighted by atomic mass is 9.93. The second-order valence-electron chi connectivity index (χ2n) is 8.59. The number of rotatable bonds is 6. The Morgan fingerprint density at radius 1 is 0.860 bits per heavy atom. The molecule has 0 fully saturated rings. The summed E-state index contributed by atoms with van der Waals surface area (Å²) in [7, 11) is 1.31. The average molecular weight is 686 g/mol. The largest absolute Gasteiger partial charge is 0.573 e. The number of hydrogen-bond acceptors (Lipinski definition) is 4. The van der Waals surface area contributed by atoms with Crippen molar-refractivity contribution in [3.05, 3.63) is 87.4 Å². The lowest BCUT2D eigenvalue weighted by Gasteiger charge is -2.31. The molecule has 3 aromatic rings. The van der Waals surface area contributed by atoms with Crippen molar-refractivity contribution in [1.29, 1.82) is 5.26 Å². The molecule has 0 saturated heterocycles. The van der Waals surface area contributed by atoms with Gasteiger partial charge in [-0.25, -0.2) is 4.39 Å². The molecule has 17 heteroatoms. The first-order valence-corrected chi connectivity index (χ1v) is 12.1. The fourth-order valence-corrected chi connectivity index (χ4v) is 4.18. The predicted octanol–water partition coefficient (Wildman–Crippen LogP) is 8.04. The maximum absolute atomic E-state index is 14.6. The summed E-state index contributed by atoms with van der Waals surface area (Å²) < 4.78 is 136. The van der Waals surface area contributed by atoms with Crippen LogP contribution < -0.4 is 15.0 Å². The van der Waals surface area contributed by atoms with Gasteiger partial charge in [-0.2, -0.15) is 31.6 Å². The van der Waals surface area contributed by atoms with Crippen molar-refractivity contribution in [3.8, 4) is 11.8 Å². The normalized spacial score (nSPS) is 12.3. The third-order valence-corrected chi connectivity index (χ3v) is 6.38. The van der Waals surface area contributed by atoms with E-state index in [2.05, 4.69) is 20.7 Å². The number of benzene rings is 3. The average Bonchev–Trinajstić information content (AvgIpc) is 2.91. The summed E-state index contributed by atoms with van der Waals surface area (Å²) in [6, 6.07) is 11.7. The highest BCUT2D eigenvalue weighted by molar-refractivity contribution is 9.10. The van der Waals surface area contributed by atoms with Crippen LogP contribution in [0.2, 0.25) is 0 Å². The number of ether oxygens (including phenoxy) is 1. The molecule has 0 saturated carbocycles. The van der Waals surface area contributed by atoms with E-state index in [0.717, 1.165) is 17.0 Å². The van der Waals surface area contributed by atoms with Crippen LogP contribution in [0.5, 0.6) is 5.75 Å². The smallest absolute Gasteiger partial charge is 0.404 e. The highest BCUT2D eigenvalue weighted by atomic mass is 79.9. The van der Waals surface area contributed by atoms with Gasteiger partial charge < -0.3 is 15.0 Å². The van der Waals surface area contributed by atoms with Crippen LogP contribution in [-0.4, -0.2) is 37.6 Å². The molecule has 3 aromatic carbocycles. The van der Waals surface area contributed by atoms with Gasteiger partial charge in [0.15, 0.2) is 5.75 Å². The molecule has 0 aliphatic rings. The number of alkyl halides is 10. The van der Waals surface area contributed by atoms with Crippen molar-refractivity contribution in [3.63, 3.8) is 0 Å². The number of hydrogen-bond donors (Lipinski definition) is 1. The number of nitrogens with zero attached hydrogens (tertiary/aromatic N) is 2. The Kier molecular flexibility index (Phi) is 9.06. The van der Waals surface area contributed by atoms with Crippen LogP contribution in [0.4, 0.5) is 55.3 Å². The Balaban J connectivity index is 2.01. The van der Waals surface area contributed by atoms with E-state index in [0.29, 0.717) is 0 Å². The third-order valence-electron chi connectivity index (χ3n) is 5.76. The van der Waals surface area contributed by atoms with Crippen LogP contribution in [0.1, 0.15) is 31.8 Å². The zero-order valence-electron chi connectivity index (χ0n) is 21.1. The Bertz CT molecular complexity index is 1570. The van der Waals surface area contributed by atoms with E-state index in [1.54, 1.807) is 0 Å². The van der Waals surface area contributed by atoms with E-state index in [-0.39, 0.29) is 28.4 Å². The SMILES string of the molecule is CN(C(=O)c1ccc(C#N)cc1)c1cccc(C(=O)Nc2c(Br)cc(C(F)(C(F)(F)F)C(F)(F)F)cc2OC(F)(F)F)c1. The molecule has 0 atom stereocenters. The summed E-state index contributed by atoms with van der Waals surface area (Å²) in [4.78, 5) is 26.8. The maximum atomic E-state index is 14.6. The predicted molar refractivity (Wildman–Crippen MR) is 134 cm³/mol. The van der Waals surface area contributed by atoms with Crippen LogP contribution in [0, 0.1) is 11.3 Å². The minimum Gasteiger partial charge on any atom is -0.404 e. The van der Waals surface area contributed by atoms with Gasteiger partial charge in [0.2, 0.25) is 0 Å². The molecular weight excluding hydrogens is 672 g/mol. The van der Waals surface area contributed by atoms with Crippen LogP contribution >= 0.6 is 15.9 Å². The number of amides is 2. The van der Waals surface area contributed by atoms with Crippen molar-refractivity contribution in [2.24, 2.45) is 0 Å². The van der Waals surface area contributed by atoms with Gasteiger partial charge in [0, 0.05) is 33.9 Å². The number of nitrogens with one attached hydrogen (secondary N) is 1. The van der Waals surface area contributed by atoms with E-state index in [1.807, 2.05) is 11.4 Å². The number of carbonyl (C=O) groups excluding carboxylic acids is 2. The van der Waals surface area contributed by atoms with Crippen LogP contribution in [0.3, 0.4) is 0 Å². The van der Waals surface area contributed by atoms with Gasteiger partial charge >= 0.3 is 24.4 Å². The van der Waals surface area contributed by atoms with Crippen molar-refractivity contribution in [2.45, 2.75) is 24.4 Å². The molecule has 43 heavy (non-hydrogen) atoms. The van der Waals surface area contributed by atoms with E-state index in [4.69, 9.17) is 5.26 Å². The Morgan fingerprint density at radius 3 is 1.95 bits per heavy atom. The second kappa shape index (κ2) is 11.7. The maximum Gasteiger partial charge on any atom is 0.573 e. The van der Waals surface area contributed by atoms with E-state index in [1.165, 1.54) is 43.4 Å². The standard InChI is InChI=1S/C26H14BrF10N3O3/c1-40(22(42)14-7-5-13(12-38)6-8-14)17-4-2-3-15(9-17)21(41)39-20-18(27)10-16(11-19(20)43-26(35,36)37)23(28,24(29,30)31)25(32,33)34/h2-11H,1H3,(H,39,41). The molecule has 228 valence electrons. The molecule has 0 unspecified atom stereocenters. The fraction of sp³-hybridized carbons (Fsp3) is 0.192. The summed E-state index contributed by atoms with van der Waals surface area (Å²) in [6.45, 7) is 0. The van der Waals surface area contributed by atoms with E-state index >= 15 is 0 Å². The van der Waals surface area contributed by atoms with Gasteiger partial charge in [0.1, 0.15) is 0 Å². The Morgan fingerprint density at radius 2 is 1.44 bits per heavy atom. The molecule has 2 amide bonds. The number of anilines is 2. The molecule has 1 N–H and O–H groups in total. The topological polar surface area (TPSA) is 82.4 Å². The first-order valence-electron chi connectivity index (χ1n) is 11.3. The highest BCUT2D eigenvalue weighted by Crippen LogP contribution is 2.55. The molecule has 0 radical (unpaired) electrons. The van der Waals surface area contributed by atoms with Gasteiger partial charge in [-0.05, 0) is 70.5 Å². The van der Waals surface area contributed by atoms with Gasteiger partial charge in [-0.3, -0.25) is 9.59 Å². The minimum atomic E-state index is -6.65. The van der Waals surface area contributed by atoms with Crippen LogP contribution in [-0.2, 0) is 5.67 Å². The number of carbonyl (C=O) groups is 2. The van der Waals surface area contributed by atoms with Crippen molar-refractivity contribution in [2.75, 3.05) is 17.3 Å². The van der Waals surface area contributed by atoms with Gasteiger partial charge in [0.05, 0.1) is 17.3 Å². The second-order valence-corrected chi connectivity index (χ2v) is 9.45. The van der Waals surface area contributed by atoms with Gasteiger partial charge in [-0.1, -0.05) is 6.07 Å². The zero-order valence-corrected chi connectivity index (χ0v) is 22.6. The van der Waals surface area contributed by atoms with Crippen LogP contribution in [0.25, 0.3) is 0 Å².